The molecule has 0 aliphatic heterocycles. The number of nitrogens with one attached hydrogen (secondary N) is 3. The van der Waals surface area contributed by atoms with E-state index in [1.807, 2.05) is 71.4 Å². The van der Waals surface area contributed by atoms with Gasteiger partial charge in [-0.15, -0.1) is 0 Å². The summed E-state index contributed by atoms with van der Waals surface area (Å²) in [4.78, 5) is 12.4. The molecule has 4 rings (SSSR count). The molecule has 156 valence electrons. The fraction of sp³-hybridized carbons (Fsp3) is 0.0870. The lowest BCUT2D eigenvalue weighted by molar-refractivity contribution is -0.121. The van der Waals surface area contributed by atoms with Crippen LogP contribution in [0.4, 0.5) is 5.69 Å². The van der Waals surface area contributed by atoms with Gasteiger partial charge in [-0.2, -0.15) is 5.10 Å². The van der Waals surface area contributed by atoms with Crippen molar-refractivity contribution in [1.29, 1.82) is 0 Å². The molecule has 2 aromatic carbocycles. The van der Waals surface area contributed by atoms with Gasteiger partial charge in [-0.05, 0) is 42.5 Å². The highest BCUT2D eigenvalue weighted by Crippen LogP contribution is 2.20. The summed E-state index contributed by atoms with van der Waals surface area (Å²) in [7, 11) is 0. The molecule has 0 aliphatic carbocycles. The normalized spacial score (nSPS) is 11.0. The standard InChI is InChI=1S/C23H21N5O2S/c29-22(24-14-19-9-6-12-30-19)16-28-15-17(20-10-4-5-11-21(20)28)13-25-27-23(31)26-18-7-2-1-3-8-18/h1-13,15H,14,16H2,(H,24,29)(H2,26,27,31)/b25-13-. The van der Waals surface area contributed by atoms with E-state index in [2.05, 4.69) is 21.2 Å². The van der Waals surface area contributed by atoms with Crippen molar-refractivity contribution in [3.05, 3.63) is 90.5 Å². The zero-order valence-electron chi connectivity index (χ0n) is 16.6. The van der Waals surface area contributed by atoms with Crippen LogP contribution >= 0.6 is 12.2 Å². The van der Waals surface area contributed by atoms with Crippen molar-refractivity contribution in [1.82, 2.24) is 15.3 Å². The Kier molecular flexibility index (Phi) is 6.39. The number of amides is 1. The zero-order chi connectivity index (χ0) is 21.5. The quantitative estimate of drug-likeness (QED) is 0.235. The molecule has 4 aromatic rings. The van der Waals surface area contributed by atoms with Crippen molar-refractivity contribution < 1.29 is 9.21 Å². The SMILES string of the molecule is O=C(Cn1cc(/C=N\NC(=S)Nc2ccccc2)c2ccccc21)NCc1ccco1. The molecule has 8 heteroatoms. The number of furan rings is 1. The number of hydrogen-bond donors (Lipinski definition) is 3. The first kappa shape index (κ1) is 20.4. The Hall–Kier alpha value is -3.91. The maximum absolute atomic E-state index is 12.4. The fourth-order valence-electron chi connectivity index (χ4n) is 3.16. The minimum atomic E-state index is -0.105. The van der Waals surface area contributed by atoms with Gasteiger partial charge < -0.3 is 19.6 Å². The molecular weight excluding hydrogens is 410 g/mol. The van der Waals surface area contributed by atoms with E-state index in [0.29, 0.717) is 17.4 Å². The molecule has 0 saturated carbocycles. The fourth-order valence-corrected chi connectivity index (χ4v) is 3.33. The third-order valence-electron chi connectivity index (χ3n) is 4.57. The average Bonchev–Trinajstić information content (AvgIpc) is 3.42. The third kappa shape index (κ3) is 5.37. The molecule has 0 atom stereocenters. The smallest absolute Gasteiger partial charge is 0.240 e. The van der Waals surface area contributed by atoms with Gasteiger partial charge in [0.05, 0.1) is 19.0 Å². The number of thiocarbonyl (C=S) groups is 1. The monoisotopic (exact) mass is 431 g/mol. The second-order valence-electron chi connectivity index (χ2n) is 6.78. The van der Waals surface area contributed by atoms with Crippen LogP contribution in [0.2, 0.25) is 0 Å². The highest BCUT2D eigenvalue weighted by molar-refractivity contribution is 7.80. The van der Waals surface area contributed by atoms with Crippen LogP contribution in [0.25, 0.3) is 10.9 Å². The summed E-state index contributed by atoms with van der Waals surface area (Å²) in [6.45, 7) is 0.547. The summed E-state index contributed by atoms with van der Waals surface area (Å²) in [5.74, 6) is 0.608. The first-order chi connectivity index (χ1) is 15.2. The minimum absolute atomic E-state index is 0.105. The molecule has 31 heavy (non-hydrogen) atoms. The van der Waals surface area contributed by atoms with Crippen LogP contribution in [0.3, 0.4) is 0 Å². The number of fused-ring (bicyclic) bond motifs is 1. The number of carbonyl (C=O) groups is 1. The van der Waals surface area contributed by atoms with Gasteiger partial charge in [0.2, 0.25) is 5.91 Å². The van der Waals surface area contributed by atoms with E-state index in [-0.39, 0.29) is 12.5 Å². The van der Waals surface area contributed by atoms with Gasteiger partial charge in [0.25, 0.3) is 0 Å². The van der Waals surface area contributed by atoms with Crippen molar-refractivity contribution >= 4 is 46.0 Å². The molecule has 3 N–H and O–H groups in total. The molecule has 0 radical (unpaired) electrons. The van der Waals surface area contributed by atoms with E-state index in [0.717, 1.165) is 22.2 Å². The summed E-state index contributed by atoms with van der Waals surface area (Å²) < 4.78 is 7.15. The van der Waals surface area contributed by atoms with Crippen molar-refractivity contribution in [3.8, 4) is 0 Å². The Morgan fingerprint density at radius 3 is 2.68 bits per heavy atom. The lowest BCUT2D eigenvalue weighted by atomic mass is 10.2. The van der Waals surface area contributed by atoms with Crippen molar-refractivity contribution in [2.24, 2.45) is 5.10 Å². The number of hydrogen-bond acceptors (Lipinski definition) is 4. The first-order valence-corrected chi connectivity index (χ1v) is 10.1. The Morgan fingerprint density at radius 1 is 1.06 bits per heavy atom. The van der Waals surface area contributed by atoms with Crippen molar-refractivity contribution in [2.45, 2.75) is 13.1 Å². The molecule has 2 aromatic heterocycles. The van der Waals surface area contributed by atoms with Crippen LogP contribution in [-0.2, 0) is 17.9 Å². The molecule has 0 aliphatic rings. The molecule has 1 amide bonds. The molecule has 0 bridgehead atoms. The summed E-state index contributed by atoms with van der Waals surface area (Å²) in [5.41, 5.74) is 5.53. The molecule has 7 nitrogen and oxygen atoms in total. The molecule has 0 unspecified atom stereocenters. The Bertz CT molecular complexity index is 1200. The number of aromatic nitrogens is 1. The van der Waals surface area contributed by atoms with Crippen LogP contribution in [0.1, 0.15) is 11.3 Å². The third-order valence-corrected chi connectivity index (χ3v) is 4.77. The maximum atomic E-state index is 12.4. The van der Waals surface area contributed by atoms with Crippen molar-refractivity contribution in [2.75, 3.05) is 5.32 Å². The van der Waals surface area contributed by atoms with E-state index in [1.165, 1.54) is 0 Å². The van der Waals surface area contributed by atoms with Crippen LogP contribution in [0, 0.1) is 0 Å². The Labute approximate surface area is 184 Å². The van der Waals surface area contributed by atoms with Gasteiger partial charge in [0.1, 0.15) is 12.3 Å². The van der Waals surface area contributed by atoms with E-state index >= 15 is 0 Å². The number of nitrogens with zero attached hydrogens (tertiary/aromatic N) is 2. The predicted molar refractivity (Wildman–Crippen MR) is 126 cm³/mol. The molecule has 2 heterocycles. The van der Waals surface area contributed by atoms with Crippen molar-refractivity contribution in [3.63, 3.8) is 0 Å². The van der Waals surface area contributed by atoms with Gasteiger partial charge in [-0.25, -0.2) is 0 Å². The molecular formula is C23H21N5O2S. The highest BCUT2D eigenvalue weighted by Gasteiger charge is 2.10. The Balaban J connectivity index is 1.41. The van der Waals surface area contributed by atoms with Crippen LogP contribution in [0.5, 0.6) is 0 Å². The van der Waals surface area contributed by atoms with Gasteiger partial charge >= 0.3 is 0 Å². The lowest BCUT2D eigenvalue weighted by Crippen LogP contribution is -2.26. The number of hydrazone groups is 1. The van der Waals surface area contributed by atoms with Crippen LogP contribution in [0.15, 0.2) is 88.7 Å². The minimum Gasteiger partial charge on any atom is -0.467 e. The van der Waals surface area contributed by atoms with Gasteiger partial charge in [-0.3, -0.25) is 10.2 Å². The second-order valence-corrected chi connectivity index (χ2v) is 7.18. The summed E-state index contributed by atoms with van der Waals surface area (Å²) in [6.07, 6.45) is 5.18. The average molecular weight is 432 g/mol. The topological polar surface area (TPSA) is 83.6 Å². The predicted octanol–water partition coefficient (Wildman–Crippen LogP) is 3.87. The number of benzene rings is 2. The number of carbonyl (C=O) groups excluding carboxylic acids is 1. The maximum Gasteiger partial charge on any atom is 0.240 e. The van der Waals surface area contributed by atoms with Crippen LogP contribution < -0.4 is 16.1 Å². The number of anilines is 1. The summed E-state index contributed by atoms with van der Waals surface area (Å²) >= 11 is 5.27. The van der Waals surface area contributed by atoms with Gasteiger partial charge in [-0.1, -0.05) is 36.4 Å². The number of rotatable bonds is 7. The highest BCUT2D eigenvalue weighted by atomic mass is 32.1. The largest absolute Gasteiger partial charge is 0.467 e. The lowest BCUT2D eigenvalue weighted by Gasteiger charge is -2.06. The van der Waals surface area contributed by atoms with Crippen LogP contribution in [-0.4, -0.2) is 21.8 Å². The summed E-state index contributed by atoms with van der Waals surface area (Å²) in [6, 6.07) is 21.1. The molecule has 0 spiro atoms. The first-order valence-electron chi connectivity index (χ1n) is 9.71. The second kappa shape index (κ2) is 9.73. The Morgan fingerprint density at radius 2 is 1.87 bits per heavy atom. The summed E-state index contributed by atoms with van der Waals surface area (Å²) in [5, 5.41) is 11.6. The van der Waals surface area contributed by atoms with E-state index in [9.17, 15) is 4.79 Å². The molecule has 0 saturated heterocycles. The van der Waals surface area contributed by atoms with Gasteiger partial charge in [0.15, 0.2) is 5.11 Å². The zero-order valence-corrected chi connectivity index (χ0v) is 17.4. The van der Waals surface area contributed by atoms with Gasteiger partial charge in [0, 0.05) is 28.4 Å². The number of para-hydroxylation sites is 2. The van der Waals surface area contributed by atoms with E-state index < -0.39 is 0 Å². The van der Waals surface area contributed by atoms with E-state index in [1.54, 1.807) is 18.5 Å². The van der Waals surface area contributed by atoms with E-state index in [4.69, 9.17) is 16.6 Å². The molecule has 0 fully saturated rings.